The van der Waals surface area contributed by atoms with E-state index in [0.717, 1.165) is 0 Å². The first-order chi connectivity index (χ1) is 8.99. The minimum Gasteiger partial charge on any atom is -0.353 e. The lowest BCUT2D eigenvalue weighted by atomic mass is 10.1. The van der Waals surface area contributed by atoms with Crippen LogP contribution in [0.3, 0.4) is 0 Å². The second kappa shape index (κ2) is 7.84. The third-order valence-corrected chi connectivity index (χ3v) is 3.40. The molecule has 0 fully saturated rings. The summed E-state index contributed by atoms with van der Waals surface area (Å²) in [6.07, 6.45) is 3.76. The molecular formula is C14H18FNO2S. The molecule has 0 aliphatic carbocycles. The number of halogens is 1. The minimum atomic E-state index is -0.832. The van der Waals surface area contributed by atoms with Gasteiger partial charge < -0.3 is 5.32 Å². The van der Waals surface area contributed by atoms with Crippen LogP contribution in [0, 0.1) is 5.82 Å². The van der Waals surface area contributed by atoms with Crippen LogP contribution >= 0.6 is 0 Å². The molecule has 1 atom stereocenters. The number of hydrogen-bond acceptors (Lipinski definition) is 2. The number of rotatable bonds is 6. The van der Waals surface area contributed by atoms with Gasteiger partial charge in [-0.25, -0.2) is 4.39 Å². The zero-order chi connectivity index (χ0) is 14.3. The van der Waals surface area contributed by atoms with Crippen LogP contribution in [0.25, 0.3) is 5.57 Å². The van der Waals surface area contributed by atoms with E-state index < -0.39 is 10.8 Å². The Morgan fingerprint density at radius 1 is 1.47 bits per heavy atom. The molecule has 0 spiro atoms. The van der Waals surface area contributed by atoms with E-state index in [0.29, 0.717) is 29.9 Å². The van der Waals surface area contributed by atoms with Crippen molar-refractivity contribution in [2.75, 3.05) is 18.6 Å². The molecule has 1 unspecified atom stereocenters. The van der Waals surface area contributed by atoms with Crippen LogP contribution in [0.5, 0.6) is 0 Å². The van der Waals surface area contributed by atoms with Crippen LogP contribution in [0.15, 0.2) is 30.3 Å². The monoisotopic (exact) mass is 283 g/mol. The molecular weight excluding hydrogens is 265 g/mol. The van der Waals surface area contributed by atoms with Gasteiger partial charge in [-0.05, 0) is 36.6 Å². The molecule has 3 nitrogen and oxygen atoms in total. The van der Waals surface area contributed by atoms with Gasteiger partial charge in [0, 0.05) is 35.4 Å². The molecule has 0 saturated carbocycles. The van der Waals surface area contributed by atoms with Crippen molar-refractivity contribution in [1.82, 2.24) is 5.32 Å². The summed E-state index contributed by atoms with van der Waals surface area (Å²) in [6.45, 7) is 2.25. The molecule has 5 heteroatoms. The molecule has 1 rings (SSSR count). The Morgan fingerprint density at radius 2 is 2.21 bits per heavy atom. The molecule has 0 radical (unpaired) electrons. The van der Waals surface area contributed by atoms with Crippen molar-refractivity contribution in [1.29, 1.82) is 0 Å². The minimum absolute atomic E-state index is 0.219. The Morgan fingerprint density at radius 3 is 2.84 bits per heavy atom. The summed E-state index contributed by atoms with van der Waals surface area (Å²) in [4.78, 5) is 11.6. The lowest BCUT2D eigenvalue weighted by molar-refractivity contribution is -0.116. The van der Waals surface area contributed by atoms with E-state index in [1.54, 1.807) is 25.3 Å². The van der Waals surface area contributed by atoms with Crippen molar-refractivity contribution >= 4 is 22.3 Å². The SMILES string of the molecule is C/C(=C\C(=O)NCCCS(C)=O)c1cccc(F)c1. The fourth-order valence-corrected chi connectivity index (χ4v) is 2.10. The van der Waals surface area contributed by atoms with Crippen LogP contribution in [0.1, 0.15) is 18.9 Å². The maximum absolute atomic E-state index is 13.0. The second-order valence-corrected chi connectivity index (χ2v) is 5.81. The molecule has 1 aromatic carbocycles. The third-order valence-electron chi connectivity index (χ3n) is 2.54. The van der Waals surface area contributed by atoms with Gasteiger partial charge >= 0.3 is 0 Å². The topological polar surface area (TPSA) is 46.2 Å². The van der Waals surface area contributed by atoms with E-state index in [9.17, 15) is 13.4 Å². The fourth-order valence-electron chi connectivity index (χ4n) is 1.55. The molecule has 104 valence electrons. The zero-order valence-electron chi connectivity index (χ0n) is 11.1. The summed E-state index contributed by atoms with van der Waals surface area (Å²) >= 11 is 0. The smallest absolute Gasteiger partial charge is 0.244 e. The predicted molar refractivity (Wildman–Crippen MR) is 76.6 cm³/mol. The summed E-state index contributed by atoms with van der Waals surface area (Å²) in [5.41, 5.74) is 1.39. The molecule has 0 aromatic heterocycles. The number of carbonyl (C=O) groups excluding carboxylic acids is 1. The lowest BCUT2D eigenvalue weighted by Gasteiger charge is -2.04. The van der Waals surface area contributed by atoms with Crippen molar-refractivity contribution in [3.63, 3.8) is 0 Å². The summed E-state index contributed by atoms with van der Waals surface area (Å²) in [5.74, 6) is 0.0343. The fraction of sp³-hybridized carbons (Fsp3) is 0.357. The Balaban J connectivity index is 2.49. The number of carbonyl (C=O) groups is 1. The van der Waals surface area contributed by atoms with Crippen molar-refractivity contribution in [2.45, 2.75) is 13.3 Å². The molecule has 0 saturated heterocycles. The van der Waals surface area contributed by atoms with Gasteiger partial charge in [0.25, 0.3) is 0 Å². The van der Waals surface area contributed by atoms with Crippen LogP contribution in [0.2, 0.25) is 0 Å². The summed E-state index contributed by atoms with van der Waals surface area (Å²) in [5, 5.41) is 2.71. The predicted octanol–water partition coefficient (Wildman–Crippen LogP) is 2.11. The number of amides is 1. The van der Waals surface area contributed by atoms with Crippen molar-refractivity contribution in [3.8, 4) is 0 Å². The number of benzene rings is 1. The molecule has 1 N–H and O–H groups in total. The molecule has 1 amide bonds. The van der Waals surface area contributed by atoms with E-state index in [2.05, 4.69) is 5.32 Å². The maximum Gasteiger partial charge on any atom is 0.244 e. The van der Waals surface area contributed by atoms with Crippen molar-refractivity contribution in [2.24, 2.45) is 0 Å². The highest BCUT2D eigenvalue weighted by Gasteiger charge is 2.01. The van der Waals surface area contributed by atoms with E-state index in [-0.39, 0.29) is 11.7 Å². The largest absolute Gasteiger partial charge is 0.353 e. The van der Waals surface area contributed by atoms with Gasteiger partial charge in [0.05, 0.1) is 0 Å². The maximum atomic E-state index is 13.0. The van der Waals surface area contributed by atoms with E-state index >= 15 is 0 Å². The molecule has 0 aliphatic rings. The first-order valence-corrected chi connectivity index (χ1v) is 7.74. The Labute approximate surface area is 115 Å². The third kappa shape index (κ3) is 6.29. The van der Waals surface area contributed by atoms with Crippen LogP contribution in [0.4, 0.5) is 4.39 Å². The molecule has 0 bridgehead atoms. The molecule has 1 aromatic rings. The second-order valence-electron chi connectivity index (χ2n) is 4.26. The van der Waals surface area contributed by atoms with E-state index in [1.807, 2.05) is 0 Å². The first-order valence-electron chi connectivity index (χ1n) is 6.01. The van der Waals surface area contributed by atoms with Crippen LogP contribution < -0.4 is 5.32 Å². The Hall–Kier alpha value is -1.49. The number of allylic oxidation sites excluding steroid dienone is 1. The van der Waals surface area contributed by atoms with E-state index in [4.69, 9.17) is 0 Å². The van der Waals surface area contributed by atoms with Gasteiger partial charge in [-0.2, -0.15) is 0 Å². The summed E-state index contributed by atoms with van der Waals surface area (Å²) in [6, 6.07) is 6.11. The normalized spacial score (nSPS) is 13.1. The number of nitrogens with one attached hydrogen (secondary N) is 1. The zero-order valence-corrected chi connectivity index (χ0v) is 11.9. The molecule has 19 heavy (non-hydrogen) atoms. The quantitative estimate of drug-likeness (QED) is 0.642. The van der Waals surface area contributed by atoms with Crippen molar-refractivity contribution < 1.29 is 13.4 Å². The van der Waals surface area contributed by atoms with Crippen molar-refractivity contribution in [3.05, 3.63) is 41.7 Å². The lowest BCUT2D eigenvalue weighted by Crippen LogP contribution is -2.23. The van der Waals surface area contributed by atoms with Gasteiger partial charge in [-0.3, -0.25) is 9.00 Å². The number of hydrogen-bond donors (Lipinski definition) is 1. The van der Waals surface area contributed by atoms with E-state index in [1.165, 1.54) is 18.2 Å². The summed E-state index contributed by atoms with van der Waals surface area (Å²) < 4.78 is 23.9. The average molecular weight is 283 g/mol. The summed E-state index contributed by atoms with van der Waals surface area (Å²) in [7, 11) is -0.832. The first kappa shape index (κ1) is 15.6. The highest BCUT2D eigenvalue weighted by atomic mass is 32.2. The highest BCUT2D eigenvalue weighted by Crippen LogP contribution is 2.14. The van der Waals surface area contributed by atoms with Gasteiger partial charge in [0.2, 0.25) is 5.91 Å². The van der Waals surface area contributed by atoms with Crippen LogP contribution in [-0.4, -0.2) is 28.7 Å². The van der Waals surface area contributed by atoms with Crippen LogP contribution in [-0.2, 0) is 15.6 Å². The van der Waals surface area contributed by atoms with Gasteiger partial charge in [0.15, 0.2) is 0 Å². The highest BCUT2D eigenvalue weighted by molar-refractivity contribution is 7.84. The van der Waals surface area contributed by atoms with Gasteiger partial charge in [-0.15, -0.1) is 0 Å². The van der Waals surface area contributed by atoms with Gasteiger partial charge in [0.1, 0.15) is 5.82 Å². The Kier molecular flexibility index (Phi) is 6.42. The molecule has 0 aliphatic heterocycles. The Bertz CT molecular complexity index is 500. The van der Waals surface area contributed by atoms with Gasteiger partial charge in [-0.1, -0.05) is 12.1 Å². The standard InChI is InChI=1S/C14H18FNO2S/c1-11(12-5-3-6-13(15)10-12)9-14(17)16-7-4-8-19(2)18/h3,5-6,9-10H,4,7-8H2,1-2H3,(H,16,17)/b11-9+. The molecule has 0 heterocycles. The average Bonchev–Trinajstić information content (AvgIpc) is 2.34.